The number of nitrogens with zero attached hydrogens (tertiary/aromatic N) is 3. The minimum atomic E-state index is -0.339. The predicted molar refractivity (Wildman–Crippen MR) is 112 cm³/mol. The highest BCUT2D eigenvalue weighted by Gasteiger charge is 2.24. The lowest BCUT2D eigenvalue weighted by Crippen LogP contribution is -2.51. The van der Waals surface area contributed by atoms with Crippen LogP contribution in [0.4, 0.5) is 4.79 Å². The van der Waals surface area contributed by atoms with E-state index in [0.29, 0.717) is 25.7 Å². The number of hydrogen-bond donors (Lipinski definition) is 3. The number of carbonyl (C=O) groups excluding carboxylic acids is 3. The van der Waals surface area contributed by atoms with Crippen molar-refractivity contribution in [1.29, 1.82) is 0 Å². The second-order valence-corrected chi connectivity index (χ2v) is 8.21. The van der Waals surface area contributed by atoms with Crippen molar-refractivity contribution in [3.63, 3.8) is 0 Å². The Hall–Kier alpha value is -2.52. The summed E-state index contributed by atoms with van der Waals surface area (Å²) in [5, 5.41) is 9.11. The Morgan fingerprint density at radius 1 is 1.17 bits per heavy atom. The summed E-state index contributed by atoms with van der Waals surface area (Å²) in [6.45, 7) is 9.01. The van der Waals surface area contributed by atoms with Crippen LogP contribution in [0.15, 0.2) is 4.99 Å². The van der Waals surface area contributed by atoms with Crippen molar-refractivity contribution in [1.82, 2.24) is 25.8 Å². The Labute approximate surface area is 173 Å². The molecule has 0 spiro atoms. The Bertz CT molecular complexity index is 592. The summed E-state index contributed by atoms with van der Waals surface area (Å²) >= 11 is 0. The zero-order chi connectivity index (χ0) is 22.0. The standard InChI is InChI=1S/C19H36N6O4/c1-7-29-18(28)25-10-8-14(9-11-25)22-17(21-13-16(27)24(5)6)20-12-15(26)23-19(2,3)4/h14H,7-13H2,1-6H3,(H,23,26)(H2,20,21,22). The number of piperidine rings is 1. The number of rotatable bonds is 6. The van der Waals surface area contributed by atoms with Gasteiger partial charge in [0, 0.05) is 38.8 Å². The van der Waals surface area contributed by atoms with E-state index in [0.717, 1.165) is 12.8 Å². The molecule has 10 heteroatoms. The summed E-state index contributed by atoms with van der Waals surface area (Å²) in [6.07, 6.45) is 1.14. The van der Waals surface area contributed by atoms with Crippen molar-refractivity contribution in [3.05, 3.63) is 0 Å². The van der Waals surface area contributed by atoms with Gasteiger partial charge in [-0.1, -0.05) is 0 Å². The summed E-state index contributed by atoms with van der Waals surface area (Å²) in [4.78, 5) is 43.3. The van der Waals surface area contributed by atoms with Gasteiger partial charge in [0.1, 0.15) is 6.54 Å². The van der Waals surface area contributed by atoms with Crippen LogP contribution in [0.5, 0.6) is 0 Å². The van der Waals surface area contributed by atoms with Crippen LogP contribution in [0, 0.1) is 0 Å². The van der Waals surface area contributed by atoms with Gasteiger partial charge in [-0.25, -0.2) is 9.79 Å². The predicted octanol–water partition coefficient (Wildman–Crippen LogP) is 0.145. The minimum absolute atomic E-state index is 0.0512. The lowest BCUT2D eigenvalue weighted by Gasteiger charge is -2.32. The largest absolute Gasteiger partial charge is 0.450 e. The highest BCUT2D eigenvalue weighted by molar-refractivity contribution is 5.88. The quantitative estimate of drug-likeness (QED) is 0.422. The molecule has 166 valence electrons. The van der Waals surface area contributed by atoms with Crippen LogP contribution in [-0.2, 0) is 14.3 Å². The van der Waals surface area contributed by atoms with E-state index in [-0.39, 0.29) is 42.6 Å². The maximum atomic E-state index is 12.1. The average molecular weight is 413 g/mol. The molecule has 0 aliphatic carbocycles. The fourth-order valence-electron chi connectivity index (χ4n) is 2.69. The van der Waals surface area contributed by atoms with Gasteiger partial charge in [-0.2, -0.15) is 0 Å². The first-order valence-corrected chi connectivity index (χ1v) is 9.99. The van der Waals surface area contributed by atoms with Gasteiger partial charge in [0.2, 0.25) is 11.8 Å². The molecule has 1 saturated heterocycles. The van der Waals surface area contributed by atoms with Crippen molar-refractivity contribution in [2.24, 2.45) is 4.99 Å². The molecule has 0 aromatic rings. The summed E-state index contributed by atoms with van der Waals surface area (Å²) in [7, 11) is 3.35. The topological polar surface area (TPSA) is 115 Å². The van der Waals surface area contributed by atoms with Crippen LogP contribution >= 0.6 is 0 Å². The van der Waals surface area contributed by atoms with Crippen molar-refractivity contribution in [2.45, 2.75) is 52.1 Å². The van der Waals surface area contributed by atoms with Crippen molar-refractivity contribution < 1.29 is 19.1 Å². The molecule has 0 atom stereocenters. The highest BCUT2D eigenvalue weighted by Crippen LogP contribution is 2.11. The second kappa shape index (κ2) is 11.5. The van der Waals surface area contributed by atoms with Gasteiger partial charge in [0.25, 0.3) is 0 Å². The van der Waals surface area contributed by atoms with Crippen LogP contribution in [-0.4, -0.2) is 92.1 Å². The SMILES string of the molecule is CCOC(=O)N1CCC(NC(=NCC(=O)NC(C)(C)C)NCC(=O)N(C)C)CC1. The molecule has 0 unspecified atom stereocenters. The molecule has 1 rings (SSSR count). The maximum absolute atomic E-state index is 12.1. The summed E-state index contributed by atoms with van der Waals surface area (Å²) < 4.78 is 5.03. The molecular formula is C19H36N6O4. The Kier molecular flexibility index (Phi) is 9.70. The fraction of sp³-hybridized carbons (Fsp3) is 0.789. The molecular weight excluding hydrogens is 376 g/mol. The van der Waals surface area contributed by atoms with E-state index in [9.17, 15) is 14.4 Å². The van der Waals surface area contributed by atoms with E-state index in [4.69, 9.17) is 4.74 Å². The summed E-state index contributed by atoms with van der Waals surface area (Å²) in [6, 6.07) is 0.0760. The van der Waals surface area contributed by atoms with E-state index >= 15 is 0 Å². The van der Waals surface area contributed by atoms with E-state index < -0.39 is 0 Å². The smallest absolute Gasteiger partial charge is 0.409 e. The average Bonchev–Trinajstić information content (AvgIpc) is 2.62. The number of aliphatic imine (C=N–C) groups is 1. The summed E-state index contributed by atoms with van der Waals surface area (Å²) in [5.41, 5.74) is -0.339. The number of likely N-dealkylation sites (N-methyl/N-ethyl adjacent to an activating group) is 1. The van der Waals surface area contributed by atoms with Gasteiger partial charge in [0.05, 0.1) is 13.2 Å². The number of guanidine groups is 1. The van der Waals surface area contributed by atoms with Crippen molar-refractivity contribution >= 4 is 23.9 Å². The first kappa shape index (κ1) is 24.5. The number of amides is 3. The Morgan fingerprint density at radius 3 is 2.31 bits per heavy atom. The number of ether oxygens (including phenoxy) is 1. The fourth-order valence-corrected chi connectivity index (χ4v) is 2.69. The van der Waals surface area contributed by atoms with Crippen LogP contribution < -0.4 is 16.0 Å². The molecule has 1 fully saturated rings. The lowest BCUT2D eigenvalue weighted by molar-refractivity contribution is -0.127. The molecule has 3 amide bonds. The van der Waals surface area contributed by atoms with Gasteiger partial charge in [-0.3, -0.25) is 9.59 Å². The molecule has 0 saturated carbocycles. The van der Waals surface area contributed by atoms with Gasteiger partial charge in [0.15, 0.2) is 5.96 Å². The van der Waals surface area contributed by atoms with E-state index in [1.165, 1.54) is 4.90 Å². The van der Waals surface area contributed by atoms with Crippen molar-refractivity contribution in [3.8, 4) is 0 Å². The summed E-state index contributed by atoms with van der Waals surface area (Å²) in [5.74, 6) is 0.101. The van der Waals surface area contributed by atoms with Gasteiger partial charge < -0.3 is 30.5 Å². The minimum Gasteiger partial charge on any atom is -0.450 e. The zero-order valence-electron chi connectivity index (χ0n) is 18.5. The lowest BCUT2D eigenvalue weighted by atomic mass is 10.1. The number of hydrogen-bond acceptors (Lipinski definition) is 5. The Morgan fingerprint density at radius 2 is 1.79 bits per heavy atom. The third-order valence-corrected chi connectivity index (χ3v) is 4.16. The van der Waals surface area contributed by atoms with Gasteiger partial charge in [-0.05, 0) is 40.5 Å². The van der Waals surface area contributed by atoms with Gasteiger partial charge >= 0.3 is 6.09 Å². The van der Waals surface area contributed by atoms with E-state index in [1.54, 1.807) is 25.9 Å². The normalized spacial score (nSPS) is 15.5. The third-order valence-electron chi connectivity index (χ3n) is 4.16. The van der Waals surface area contributed by atoms with Crippen LogP contribution in [0.2, 0.25) is 0 Å². The molecule has 10 nitrogen and oxygen atoms in total. The van der Waals surface area contributed by atoms with Gasteiger partial charge in [-0.15, -0.1) is 0 Å². The molecule has 0 aromatic heterocycles. The molecule has 0 aromatic carbocycles. The molecule has 0 bridgehead atoms. The zero-order valence-corrected chi connectivity index (χ0v) is 18.5. The number of likely N-dealkylation sites (tertiary alicyclic amines) is 1. The molecule has 1 heterocycles. The van der Waals surface area contributed by atoms with Crippen LogP contribution in [0.1, 0.15) is 40.5 Å². The highest BCUT2D eigenvalue weighted by atomic mass is 16.6. The molecule has 3 N–H and O–H groups in total. The molecule has 29 heavy (non-hydrogen) atoms. The molecule has 1 aliphatic rings. The van der Waals surface area contributed by atoms with E-state index in [2.05, 4.69) is 20.9 Å². The third kappa shape index (κ3) is 10.00. The van der Waals surface area contributed by atoms with E-state index in [1.807, 2.05) is 20.8 Å². The molecule has 0 radical (unpaired) electrons. The van der Waals surface area contributed by atoms with Crippen molar-refractivity contribution in [2.75, 3.05) is 46.9 Å². The molecule has 1 aliphatic heterocycles. The van der Waals surface area contributed by atoms with Crippen LogP contribution in [0.25, 0.3) is 0 Å². The first-order chi connectivity index (χ1) is 13.5. The monoisotopic (exact) mass is 412 g/mol. The second-order valence-electron chi connectivity index (χ2n) is 8.21. The van der Waals surface area contributed by atoms with Crippen LogP contribution in [0.3, 0.4) is 0 Å². The number of nitrogens with one attached hydrogen (secondary N) is 3. The Balaban J connectivity index is 2.66. The first-order valence-electron chi connectivity index (χ1n) is 9.99. The maximum Gasteiger partial charge on any atom is 0.409 e. The number of carbonyl (C=O) groups is 3.